The normalized spacial score (nSPS) is 11.8. The van der Waals surface area contributed by atoms with Gasteiger partial charge in [0, 0.05) is 58.7 Å². The van der Waals surface area contributed by atoms with E-state index in [0.29, 0.717) is 0 Å². The van der Waals surface area contributed by atoms with Gasteiger partial charge < -0.3 is 13.7 Å². The molecule has 0 fully saturated rings. The highest BCUT2D eigenvalue weighted by Gasteiger charge is 2.22. The summed E-state index contributed by atoms with van der Waals surface area (Å²) in [6.07, 6.45) is 0. The van der Waals surface area contributed by atoms with Gasteiger partial charge in [-0.25, -0.2) is 0 Å². The molecule has 0 amide bonds. The summed E-state index contributed by atoms with van der Waals surface area (Å²) in [4.78, 5) is 2.34. The predicted octanol–water partition coefficient (Wildman–Crippen LogP) is 14.7. The first-order valence-corrected chi connectivity index (χ1v) is 18.3. The van der Waals surface area contributed by atoms with Crippen molar-refractivity contribution in [3.8, 4) is 22.3 Å². The molecule has 0 aliphatic carbocycles. The maximum atomic E-state index is 6.94. The van der Waals surface area contributed by atoms with E-state index in [0.717, 1.165) is 83.2 Å². The van der Waals surface area contributed by atoms with Gasteiger partial charge in [0.2, 0.25) is 0 Å². The van der Waals surface area contributed by atoms with E-state index in [2.05, 4.69) is 169 Å². The van der Waals surface area contributed by atoms with E-state index < -0.39 is 0 Å². The van der Waals surface area contributed by atoms with E-state index in [1.165, 1.54) is 20.2 Å². The molecule has 0 spiro atoms. The lowest BCUT2D eigenvalue weighted by Gasteiger charge is -2.26. The molecule has 52 heavy (non-hydrogen) atoms. The average molecular weight is 684 g/mol. The number of fused-ring (bicyclic) bond motifs is 9. The molecule has 244 valence electrons. The Kier molecular flexibility index (Phi) is 6.42. The third-order valence-corrected chi connectivity index (χ3v) is 11.4. The number of anilines is 3. The minimum absolute atomic E-state index is 0.860. The number of nitrogens with zero attached hydrogens (tertiary/aromatic N) is 1. The maximum Gasteiger partial charge on any atom is 0.159 e. The van der Waals surface area contributed by atoms with Gasteiger partial charge in [-0.1, -0.05) is 121 Å². The molecule has 0 bridgehead atoms. The Morgan fingerprint density at radius 1 is 0.365 bits per heavy atom. The van der Waals surface area contributed by atoms with Gasteiger partial charge in [0.05, 0.1) is 5.69 Å². The maximum absolute atomic E-state index is 6.94. The van der Waals surface area contributed by atoms with Gasteiger partial charge in [-0.3, -0.25) is 0 Å². The van der Waals surface area contributed by atoms with Crippen LogP contribution >= 0.6 is 11.3 Å². The molecule has 0 radical (unpaired) electrons. The third-order valence-electron chi connectivity index (χ3n) is 10.3. The number of furan rings is 2. The highest BCUT2D eigenvalue weighted by atomic mass is 32.1. The van der Waals surface area contributed by atoms with Crippen LogP contribution in [0.4, 0.5) is 17.1 Å². The van der Waals surface area contributed by atoms with Crippen molar-refractivity contribution in [3.63, 3.8) is 0 Å². The number of hydrogen-bond donors (Lipinski definition) is 0. The van der Waals surface area contributed by atoms with Gasteiger partial charge in [0.25, 0.3) is 0 Å². The average Bonchev–Trinajstić information content (AvgIpc) is 3.90. The first-order chi connectivity index (χ1) is 25.8. The molecule has 0 atom stereocenters. The van der Waals surface area contributed by atoms with Crippen molar-refractivity contribution in [2.24, 2.45) is 0 Å². The van der Waals surface area contributed by atoms with Gasteiger partial charge >= 0.3 is 0 Å². The van der Waals surface area contributed by atoms with Crippen LogP contribution in [0.2, 0.25) is 0 Å². The van der Waals surface area contributed by atoms with Crippen molar-refractivity contribution in [3.05, 3.63) is 176 Å². The summed E-state index contributed by atoms with van der Waals surface area (Å²) >= 11 is 1.83. The standard InChI is InChI=1S/C48H29NO2S/c1-2-10-31(11-3-1)35-14-8-15-39-40-16-9-17-42(48(40)51-47(35)39)49(34-25-26-38-37-13-5-7-19-45(37)52-46(38)29-34)33-23-20-30(21-24-33)32-22-27-44-41(28-32)36-12-4-6-18-43(36)50-44/h1-29H. The Balaban J connectivity index is 1.10. The van der Waals surface area contributed by atoms with E-state index in [4.69, 9.17) is 8.83 Å². The Morgan fingerprint density at radius 3 is 1.92 bits per heavy atom. The number of para-hydroxylation sites is 3. The lowest BCUT2D eigenvalue weighted by molar-refractivity contribution is 0.669. The summed E-state index contributed by atoms with van der Waals surface area (Å²) in [6.45, 7) is 0. The third kappa shape index (κ3) is 4.51. The van der Waals surface area contributed by atoms with Crippen LogP contribution in [0.25, 0.3) is 86.3 Å². The molecule has 3 heterocycles. The van der Waals surface area contributed by atoms with Crippen LogP contribution in [0.3, 0.4) is 0 Å². The largest absolute Gasteiger partial charge is 0.456 e. The summed E-state index contributed by atoms with van der Waals surface area (Å²) in [6, 6.07) is 62.5. The second kappa shape index (κ2) is 11.5. The number of rotatable bonds is 5. The highest BCUT2D eigenvalue weighted by Crippen LogP contribution is 2.46. The zero-order valence-electron chi connectivity index (χ0n) is 27.9. The topological polar surface area (TPSA) is 29.5 Å². The van der Waals surface area contributed by atoms with Crippen LogP contribution in [0.5, 0.6) is 0 Å². The fraction of sp³-hybridized carbons (Fsp3) is 0. The molecular formula is C48H29NO2S. The van der Waals surface area contributed by atoms with Crippen molar-refractivity contribution in [1.82, 2.24) is 0 Å². The molecule has 0 unspecified atom stereocenters. The van der Waals surface area contributed by atoms with Crippen LogP contribution in [0.1, 0.15) is 0 Å². The molecule has 0 saturated heterocycles. The van der Waals surface area contributed by atoms with Gasteiger partial charge in [-0.15, -0.1) is 11.3 Å². The minimum Gasteiger partial charge on any atom is -0.456 e. The first kappa shape index (κ1) is 29.1. The second-order valence-corrected chi connectivity index (χ2v) is 14.4. The van der Waals surface area contributed by atoms with Crippen molar-refractivity contribution in [2.45, 2.75) is 0 Å². The quantitative estimate of drug-likeness (QED) is 0.181. The van der Waals surface area contributed by atoms with Crippen molar-refractivity contribution in [1.29, 1.82) is 0 Å². The summed E-state index contributed by atoms with van der Waals surface area (Å²) in [5.41, 5.74) is 11.2. The Labute approximate surface area is 303 Å². The second-order valence-electron chi connectivity index (χ2n) is 13.3. The van der Waals surface area contributed by atoms with Gasteiger partial charge in [-0.05, 0) is 71.3 Å². The smallest absolute Gasteiger partial charge is 0.159 e. The van der Waals surface area contributed by atoms with E-state index in [1.54, 1.807) is 0 Å². The van der Waals surface area contributed by atoms with Crippen LogP contribution in [-0.2, 0) is 0 Å². The fourth-order valence-corrected chi connectivity index (χ4v) is 8.96. The van der Waals surface area contributed by atoms with Crippen LogP contribution in [0.15, 0.2) is 185 Å². The van der Waals surface area contributed by atoms with Crippen molar-refractivity contribution < 1.29 is 8.83 Å². The predicted molar refractivity (Wildman–Crippen MR) is 219 cm³/mol. The molecule has 0 N–H and O–H groups in total. The monoisotopic (exact) mass is 683 g/mol. The zero-order chi connectivity index (χ0) is 34.2. The van der Waals surface area contributed by atoms with E-state index in [9.17, 15) is 0 Å². The lowest BCUT2D eigenvalue weighted by atomic mass is 10.0. The molecule has 4 heteroatoms. The van der Waals surface area contributed by atoms with E-state index in [1.807, 2.05) is 23.5 Å². The molecule has 11 rings (SSSR count). The molecule has 11 aromatic rings. The highest BCUT2D eigenvalue weighted by molar-refractivity contribution is 7.25. The van der Waals surface area contributed by atoms with Crippen molar-refractivity contribution >= 4 is 92.4 Å². The molecule has 3 nitrogen and oxygen atoms in total. The number of thiophene rings is 1. The number of benzene rings is 8. The number of hydrogen-bond acceptors (Lipinski definition) is 4. The Hall–Kier alpha value is -6.62. The van der Waals surface area contributed by atoms with E-state index in [-0.39, 0.29) is 0 Å². The van der Waals surface area contributed by atoms with Crippen LogP contribution in [-0.4, -0.2) is 0 Å². The van der Waals surface area contributed by atoms with E-state index >= 15 is 0 Å². The Morgan fingerprint density at radius 2 is 1.04 bits per heavy atom. The van der Waals surface area contributed by atoms with Crippen LogP contribution in [0, 0.1) is 0 Å². The van der Waals surface area contributed by atoms with Gasteiger partial charge in [0.1, 0.15) is 16.7 Å². The fourth-order valence-electron chi connectivity index (χ4n) is 7.82. The molecule has 8 aromatic carbocycles. The summed E-state index contributed by atoms with van der Waals surface area (Å²) in [5, 5.41) is 7.03. The lowest BCUT2D eigenvalue weighted by Crippen LogP contribution is -2.10. The molecule has 0 aliphatic heterocycles. The Bertz CT molecular complexity index is 3130. The van der Waals surface area contributed by atoms with Gasteiger partial charge in [0.15, 0.2) is 5.58 Å². The first-order valence-electron chi connectivity index (χ1n) is 17.5. The summed E-state index contributed by atoms with van der Waals surface area (Å²) in [7, 11) is 0. The van der Waals surface area contributed by atoms with Crippen LogP contribution < -0.4 is 4.90 Å². The summed E-state index contributed by atoms with van der Waals surface area (Å²) in [5.74, 6) is 0. The molecule has 3 aromatic heterocycles. The molecule has 0 saturated carbocycles. The summed E-state index contributed by atoms with van der Waals surface area (Å²) < 4.78 is 15.6. The molecular weight excluding hydrogens is 655 g/mol. The minimum atomic E-state index is 0.860. The van der Waals surface area contributed by atoms with Gasteiger partial charge in [-0.2, -0.15) is 0 Å². The SMILES string of the molecule is c1ccc(-c2cccc3c2oc2c(N(c4ccc(-c5ccc6oc7ccccc7c6c5)cc4)c4ccc5c(c4)sc4ccccc45)cccc23)cc1. The molecule has 0 aliphatic rings. The van der Waals surface area contributed by atoms with Crippen molar-refractivity contribution in [2.75, 3.05) is 4.90 Å². The zero-order valence-corrected chi connectivity index (χ0v) is 28.7.